The summed E-state index contributed by atoms with van der Waals surface area (Å²) in [5.74, 6) is 3.26. The van der Waals surface area contributed by atoms with Gasteiger partial charge in [0.05, 0.1) is 6.16 Å². The van der Waals surface area contributed by atoms with E-state index in [0.29, 0.717) is 6.16 Å². The molecule has 0 unspecified atom stereocenters. The predicted octanol–water partition coefficient (Wildman–Crippen LogP) is 5.63. The Morgan fingerprint density at radius 2 is 1.48 bits per heavy atom. The molecule has 146 valence electrons. The molecular formula is C19H37O4PSi. The molecule has 0 N–H and O–H groups in total. The fraction of sp³-hybridized carbons (Fsp3) is 0.895. The van der Waals surface area contributed by atoms with Gasteiger partial charge < -0.3 is 4.74 Å². The van der Waals surface area contributed by atoms with Crippen LogP contribution in [0.3, 0.4) is 0 Å². The molecule has 0 aromatic rings. The average Bonchev–Trinajstić information content (AvgIpc) is 2.58. The Hall–Kier alpha value is -0.113. The van der Waals surface area contributed by atoms with Gasteiger partial charge in [0.1, 0.15) is 19.3 Å². The van der Waals surface area contributed by atoms with E-state index < -0.39 is 26.9 Å². The lowest BCUT2D eigenvalue weighted by Gasteiger charge is -2.29. The molecule has 25 heavy (non-hydrogen) atoms. The van der Waals surface area contributed by atoms with Gasteiger partial charge in [-0.3, -0.25) is 13.6 Å². The van der Waals surface area contributed by atoms with Crippen molar-refractivity contribution in [1.29, 1.82) is 0 Å². The van der Waals surface area contributed by atoms with Crippen molar-refractivity contribution in [3.05, 3.63) is 0 Å². The Labute approximate surface area is 155 Å². The fourth-order valence-corrected chi connectivity index (χ4v) is 5.72. The highest BCUT2D eigenvalue weighted by Gasteiger charge is 2.54. The summed E-state index contributed by atoms with van der Waals surface area (Å²) in [6, 6.07) is 0. The van der Waals surface area contributed by atoms with E-state index in [1.807, 2.05) is 27.7 Å². The van der Waals surface area contributed by atoms with E-state index in [4.69, 9.17) is 13.8 Å². The Bertz CT molecular complexity index is 506. The van der Waals surface area contributed by atoms with Crippen LogP contribution in [0.15, 0.2) is 0 Å². The minimum absolute atomic E-state index is 0.492. The molecule has 1 aliphatic rings. The van der Waals surface area contributed by atoms with Crippen LogP contribution in [-0.2, 0) is 18.3 Å². The fourth-order valence-electron chi connectivity index (χ4n) is 2.40. The molecule has 0 radical (unpaired) electrons. The van der Waals surface area contributed by atoms with Crippen molar-refractivity contribution in [3.8, 4) is 11.5 Å². The minimum Gasteiger partial charge on any atom is -0.381 e. The summed E-state index contributed by atoms with van der Waals surface area (Å²) in [5.41, 5.74) is 2.35. The number of hydrogen-bond donors (Lipinski definition) is 0. The van der Waals surface area contributed by atoms with E-state index >= 15 is 0 Å². The smallest absolute Gasteiger partial charge is 0.331 e. The molecule has 0 aromatic carbocycles. The molecule has 0 amide bonds. The second kappa shape index (κ2) is 9.20. The quantitative estimate of drug-likeness (QED) is 0.222. The number of ether oxygens (including phenoxy) is 1. The maximum absolute atomic E-state index is 12.7. The van der Waals surface area contributed by atoms with Gasteiger partial charge in [0.2, 0.25) is 0 Å². The first kappa shape index (κ1) is 22.9. The van der Waals surface area contributed by atoms with Crippen LogP contribution in [0.1, 0.15) is 59.8 Å². The molecule has 0 atom stereocenters. The average molecular weight is 389 g/mol. The first-order chi connectivity index (χ1) is 11.4. The summed E-state index contributed by atoms with van der Waals surface area (Å²) >= 11 is 0. The highest BCUT2D eigenvalue weighted by Crippen LogP contribution is 2.64. The normalized spacial score (nSPS) is 20.9. The summed E-state index contributed by atoms with van der Waals surface area (Å²) in [6.45, 7) is 16.1. The molecule has 0 spiro atoms. The van der Waals surface area contributed by atoms with Crippen molar-refractivity contribution < 1.29 is 18.3 Å². The molecule has 1 heterocycles. The Kier molecular flexibility index (Phi) is 8.43. The number of rotatable bonds is 9. The topological polar surface area (TPSA) is 44.8 Å². The Morgan fingerprint density at radius 1 is 0.920 bits per heavy atom. The van der Waals surface area contributed by atoms with Crippen LogP contribution in [0.2, 0.25) is 19.6 Å². The van der Waals surface area contributed by atoms with Gasteiger partial charge in [-0.2, -0.15) is 0 Å². The lowest BCUT2D eigenvalue weighted by atomic mass is 9.90. The summed E-state index contributed by atoms with van der Waals surface area (Å²) in [7, 11) is -4.18. The van der Waals surface area contributed by atoms with Crippen LogP contribution < -0.4 is 0 Å². The monoisotopic (exact) mass is 388 g/mol. The Morgan fingerprint density at radius 3 is 2.04 bits per heavy atom. The third kappa shape index (κ3) is 8.41. The number of unbranched alkanes of at least 4 members (excludes halogenated alkanes) is 3. The van der Waals surface area contributed by atoms with Gasteiger partial charge in [0, 0.05) is 19.6 Å². The van der Waals surface area contributed by atoms with Crippen molar-refractivity contribution >= 4 is 15.7 Å². The largest absolute Gasteiger partial charge is 0.381 e. The lowest BCUT2D eigenvalue weighted by Crippen LogP contribution is -2.41. The molecule has 0 bridgehead atoms. The van der Waals surface area contributed by atoms with Crippen molar-refractivity contribution in [3.63, 3.8) is 0 Å². The van der Waals surface area contributed by atoms with E-state index in [-0.39, 0.29) is 0 Å². The van der Waals surface area contributed by atoms with E-state index in [2.05, 4.69) is 31.1 Å². The molecular weight excluding hydrogens is 351 g/mol. The van der Waals surface area contributed by atoms with Crippen LogP contribution in [0.25, 0.3) is 0 Å². The van der Waals surface area contributed by atoms with Gasteiger partial charge >= 0.3 is 7.60 Å². The maximum Gasteiger partial charge on any atom is 0.331 e. The van der Waals surface area contributed by atoms with E-state index in [1.165, 1.54) is 0 Å². The maximum atomic E-state index is 12.7. The van der Waals surface area contributed by atoms with E-state index in [9.17, 15) is 4.57 Å². The first-order valence-electron chi connectivity index (χ1n) is 9.45. The van der Waals surface area contributed by atoms with Gasteiger partial charge in [-0.15, -0.1) is 11.5 Å². The zero-order chi connectivity index (χ0) is 19.2. The highest BCUT2D eigenvalue weighted by molar-refractivity contribution is 7.54. The highest BCUT2D eigenvalue weighted by atomic mass is 31.2. The van der Waals surface area contributed by atoms with Gasteiger partial charge in [0.25, 0.3) is 0 Å². The number of hydrogen-bond acceptors (Lipinski definition) is 4. The molecule has 6 heteroatoms. The molecule has 1 saturated heterocycles. The first-order valence-corrected chi connectivity index (χ1v) is 14.7. The van der Waals surface area contributed by atoms with E-state index in [0.717, 1.165) is 45.3 Å². The summed E-state index contributed by atoms with van der Waals surface area (Å²) in [5, 5.41) is 0. The molecule has 0 saturated carbocycles. The van der Waals surface area contributed by atoms with Gasteiger partial charge in [-0.1, -0.05) is 26.1 Å². The van der Waals surface area contributed by atoms with Gasteiger partial charge in [-0.05, 0) is 47.0 Å². The van der Waals surface area contributed by atoms with Crippen LogP contribution in [-0.4, -0.2) is 38.7 Å². The van der Waals surface area contributed by atoms with Crippen LogP contribution >= 0.6 is 7.60 Å². The van der Waals surface area contributed by atoms with Crippen molar-refractivity contribution in [2.75, 3.05) is 19.4 Å². The molecule has 0 aliphatic carbocycles. The SMILES string of the molecule is CC1(C)OP(=O)(CCCCCOCCCC#C[Si](C)(C)C)OC1(C)C. The van der Waals surface area contributed by atoms with Crippen molar-refractivity contribution in [2.45, 2.75) is 90.6 Å². The predicted molar refractivity (Wildman–Crippen MR) is 108 cm³/mol. The zero-order valence-electron chi connectivity index (χ0n) is 17.2. The second-order valence-electron chi connectivity index (χ2n) is 8.87. The molecule has 1 rings (SSSR count). The lowest BCUT2D eigenvalue weighted by molar-refractivity contribution is 0.00578. The minimum atomic E-state index is -2.95. The second-order valence-corrected chi connectivity index (χ2v) is 15.7. The van der Waals surface area contributed by atoms with Crippen LogP contribution in [0.4, 0.5) is 0 Å². The summed E-state index contributed by atoms with van der Waals surface area (Å²) in [4.78, 5) is 0. The third-order valence-electron chi connectivity index (χ3n) is 4.46. The zero-order valence-corrected chi connectivity index (χ0v) is 19.1. The van der Waals surface area contributed by atoms with Crippen molar-refractivity contribution in [1.82, 2.24) is 0 Å². The third-order valence-corrected chi connectivity index (χ3v) is 7.72. The molecule has 0 aromatic heterocycles. The Balaban J connectivity index is 2.06. The molecule has 4 nitrogen and oxygen atoms in total. The van der Waals surface area contributed by atoms with Gasteiger partial charge in [-0.25, -0.2) is 0 Å². The standard InChI is InChI=1S/C19H37O4PSi/c1-18(2)19(3,4)23-24(20,22-18)16-12-8-10-14-21-15-11-9-13-17-25(5,6)7/h8-12,14-16H2,1-7H3. The summed E-state index contributed by atoms with van der Waals surface area (Å²) < 4.78 is 29.8. The van der Waals surface area contributed by atoms with Crippen LogP contribution in [0, 0.1) is 11.5 Å². The molecule has 1 fully saturated rings. The van der Waals surface area contributed by atoms with Crippen LogP contribution in [0.5, 0.6) is 0 Å². The molecule has 1 aliphatic heterocycles. The van der Waals surface area contributed by atoms with E-state index in [1.54, 1.807) is 0 Å². The van der Waals surface area contributed by atoms with Crippen molar-refractivity contribution in [2.24, 2.45) is 0 Å². The summed E-state index contributed by atoms with van der Waals surface area (Å²) in [6.07, 6.45) is 5.22. The van der Waals surface area contributed by atoms with Gasteiger partial charge in [0.15, 0.2) is 0 Å².